The van der Waals surface area contributed by atoms with Crippen LogP contribution in [0.3, 0.4) is 0 Å². The maximum atomic E-state index is 11.5. The standard InChI is InChI=1S/C17H21N5O/c1-3-14-10-16(19-15-6-9-22(11-15)12(2)23)21-17(20-14)13-4-7-18-8-5-13/h4-5,7-8,10,15H,3,6,9,11H2,1-2H3,(H,19,20,21)/t15-/m1/s1. The van der Waals surface area contributed by atoms with Gasteiger partial charge in [0.25, 0.3) is 0 Å². The number of likely N-dealkylation sites (tertiary alicyclic amines) is 1. The number of rotatable bonds is 4. The molecule has 1 aliphatic rings. The smallest absolute Gasteiger partial charge is 0.219 e. The van der Waals surface area contributed by atoms with Crippen molar-refractivity contribution in [3.05, 3.63) is 36.3 Å². The number of hydrogen-bond donors (Lipinski definition) is 1. The van der Waals surface area contributed by atoms with Crippen molar-refractivity contribution in [3.8, 4) is 11.4 Å². The van der Waals surface area contributed by atoms with Gasteiger partial charge in [-0.15, -0.1) is 0 Å². The van der Waals surface area contributed by atoms with Gasteiger partial charge in [-0.05, 0) is 25.0 Å². The van der Waals surface area contributed by atoms with Crippen molar-refractivity contribution in [3.63, 3.8) is 0 Å². The Morgan fingerprint density at radius 3 is 2.78 bits per heavy atom. The molecule has 0 aromatic carbocycles. The van der Waals surface area contributed by atoms with Crippen LogP contribution in [-0.2, 0) is 11.2 Å². The topological polar surface area (TPSA) is 71.0 Å². The number of aromatic nitrogens is 3. The Bertz CT molecular complexity index is 689. The zero-order valence-corrected chi connectivity index (χ0v) is 13.5. The van der Waals surface area contributed by atoms with Crippen molar-refractivity contribution in [1.82, 2.24) is 19.9 Å². The quantitative estimate of drug-likeness (QED) is 0.936. The summed E-state index contributed by atoms with van der Waals surface area (Å²) in [6, 6.07) is 6.04. The summed E-state index contributed by atoms with van der Waals surface area (Å²) in [7, 11) is 0. The Morgan fingerprint density at radius 1 is 1.35 bits per heavy atom. The number of pyridine rings is 1. The van der Waals surface area contributed by atoms with E-state index in [1.165, 1.54) is 0 Å². The summed E-state index contributed by atoms with van der Waals surface area (Å²) in [4.78, 5) is 26.6. The van der Waals surface area contributed by atoms with Crippen LogP contribution in [0.1, 0.15) is 26.0 Å². The predicted molar refractivity (Wildman–Crippen MR) is 88.9 cm³/mol. The van der Waals surface area contributed by atoms with E-state index in [0.29, 0.717) is 5.82 Å². The first-order chi connectivity index (χ1) is 11.2. The molecule has 6 nitrogen and oxygen atoms in total. The van der Waals surface area contributed by atoms with E-state index >= 15 is 0 Å². The third-order valence-corrected chi connectivity index (χ3v) is 4.07. The number of anilines is 1. The molecule has 0 bridgehead atoms. The molecule has 1 N–H and O–H groups in total. The van der Waals surface area contributed by atoms with Crippen LogP contribution in [0.15, 0.2) is 30.6 Å². The minimum absolute atomic E-state index is 0.128. The molecule has 120 valence electrons. The van der Waals surface area contributed by atoms with Gasteiger partial charge >= 0.3 is 0 Å². The van der Waals surface area contributed by atoms with Crippen LogP contribution < -0.4 is 5.32 Å². The highest BCUT2D eigenvalue weighted by atomic mass is 16.2. The van der Waals surface area contributed by atoms with Crippen molar-refractivity contribution in [2.45, 2.75) is 32.7 Å². The van der Waals surface area contributed by atoms with Crippen molar-refractivity contribution < 1.29 is 4.79 Å². The third-order valence-electron chi connectivity index (χ3n) is 4.07. The largest absolute Gasteiger partial charge is 0.365 e. The predicted octanol–water partition coefficient (Wildman–Crippen LogP) is 2.13. The monoisotopic (exact) mass is 311 g/mol. The molecule has 0 spiro atoms. The summed E-state index contributed by atoms with van der Waals surface area (Å²) in [6.07, 6.45) is 5.27. The van der Waals surface area contributed by atoms with Gasteiger partial charge in [0, 0.05) is 55.8 Å². The molecule has 1 amide bonds. The number of carbonyl (C=O) groups is 1. The second kappa shape index (κ2) is 6.73. The number of carbonyl (C=O) groups excluding carboxylic acids is 1. The van der Waals surface area contributed by atoms with Crippen LogP contribution in [0, 0.1) is 0 Å². The Balaban J connectivity index is 1.81. The number of nitrogens with zero attached hydrogens (tertiary/aromatic N) is 4. The number of nitrogens with one attached hydrogen (secondary N) is 1. The Kier molecular flexibility index (Phi) is 4.50. The van der Waals surface area contributed by atoms with Gasteiger partial charge in [0.15, 0.2) is 5.82 Å². The molecule has 2 aromatic rings. The number of hydrogen-bond acceptors (Lipinski definition) is 5. The molecule has 1 atom stereocenters. The summed E-state index contributed by atoms with van der Waals surface area (Å²) in [5.74, 6) is 1.65. The normalized spacial score (nSPS) is 17.3. The lowest BCUT2D eigenvalue weighted by molar-refractivity contribution is -0.127. The van der Waals surface area contributed by atoms with Crippen LogP contribution in [0.25, 0.3) is 11.4 Å². The first-order valence-electron chi connectivity index (χ1n) is 7.96. The summed E-state index contributed by atoms with van der Waals surface area (Å²) < 4.78 is 0. The lowest BCUT2D eigenvalue weighted by Gasteiger charge is -2.16. The van der Waals surface area contributed by atoms with Gasteiger partial charge in [-0.2, -0.15) is 0 Å². The molecule has 0 radical (unpaired) electrons. The van der Waals surface area contributed by atoms with Crippen LogP contribution in [-0.4, -0.2) is 44.9 Å². The minimum Gasteiger partial charge on any atom is -0.365 e. The summed E-state index contributed by atoms with van der Waals surface area (Å²) >= 11 is 0. The fourth-order valence-electron chi connectivity index (χ4n) is 2.76. The van der Waals surface area contributed by atoms with E-state index in [2.05, 4.69) is 27.2 Å². The summed E-state index contributed by atoms with van der Waals surface area (Å²) in [5, 5.41) is 3.45. The average Bonchev–Trinajstić information content (AvgIpc) is 3.04. The lowest BCUT2D eigenvalue weighted by Crippen LogP contribution is -2.29. The van der Waals surface area contributed by atoms with E-state index in [0.717, 1.165) is 43.0 Å². The van der Waals surface area contributed by atoms with Crippen molar-refractivity contribution in [1.29, 1.82) is 0 Å². The zero-order chi connectivity index (χ0) is 16.2. The zero-order valence-electron chi connectivity index (χ0n) is 13.5. The van der Waals surface area contributed by atoms with E-state index in [9.17, 15) is 4.79 Å². The molecule has 3 rings (SSSR count). The van der Waals surface area contributed by atoms with E-state index in [1.807, 2.05) is 23.1 Å². The van der Waals surface area contributed by atoms with Gasteiger partial charge in [0.1, 0.15) is 5.82 Å². The van der Waals surface area contributed by atoms with E-state index in [1.54, 1.807) is 19.3 Å². The highest BCUT2D eigenvalue weighted by molar-refractivity contribution is 5.73. The van der Waals surface area contributed by atoms with Crippen LogP contribution in [0.5, 0.6) is 0 Å². The highest BCUT2D eigenvalue weighted by Gasteiger charge is 2.24. The molecule has 1 saturated heterocycles. The second-order valence-corrected chi connectivity index (χ2v) is 5.75. The molecule has 23 heavy (non-hydrogen) atoms. The van der Waals surface area contributed by atoms with Crippen molar-refractivity contribution in [2.24, 2.45) is 0 Å². The maximum Gasteiger partial charge on any atom is 0.219 e. The van der Waals surface area contributed by atoms with E-state index in [-0.39, 0.29) is 11.9 Å². The molecular formula is C17H21N5O. The van der Waals surface area contributed by atoms with Gasteiger partial charge in [0.05, 0.1) is 0 Å². The molecule has 6 heteroatoms. The fraction of sp³-hybridized carbons (Fsp3) is 0.412. The second-order valence-electron chi connectivity index (χ2n) is 5.75. The molecule has 0 aliphatic carbocycles. The van der Waals surface area contributed by atoms with Gasteiger partial charge in [0.2, 0.25) is 5.91 Å². The maximum absolute atomic E-state index is 11.5. The number of aryl methyl sites for hydroxylation is 1. The Hall–Kier alpha value is -2.50. The SMILES string of the molecule is CCc1cc(N[C@@H]2CCN(C(C)=O)C2)nc(-c2ccncc2)n1. The molecule has 1 fully saturated rings. The van der Waals surface area contributed by atoms with E-state index in [4.69, 9.17) is 0 Å². The van der Waals surface area contributed by atoms with Crippen LogP contribution >= 0.6 is 0 Å². The molecule has 0 saturated carbocycles. The first kappa shape index (κ1) is 15.4. The molecule has 2 aromatic heterocycles. The van der Waals surface area contributed by atoms with Gasteiger partial charge in [-0.3, -0.25) is 9.78 Å². The highest BCUT2D eigenvalue weighted by Crippen LogP contribution is 2.20. The molecule has 0 unspecified atom stereocenters. The van der Waals surface area contributed by atoms with Gasteiger partial charge in [-0.25, -0.2) is 9.97 Å². The third kappa shape index (κ3) is 3.64. The summed E-state index contributed by atoms with van der Waals surface area (Å²) in [5.41, 5.74) is 1.95. The molecule has 3 heterocycles. The van der Waals surface area contributed by atoms with Crippen LogP contribution in [0.2, 0.25) is 0 Å². The Labute approximate surface area is 136 Å². The van der Waals surface area contributed by atoms with Crippen molar-refractivity contribution in [2.75, 3.05) is 18.4 Å². The van der Waals surface area contributed by atoms with Crippen molar-refractivity contribution >= 4 is 11.7 Å². The van der Waals surface area contributed by atoms with E-state index < -0.39 is 0 Å². The van der Waals surface area contributed by atoms with Gasteiger partial charge < -0.3 is 10.2 Å². The lowest BCUT2D eigenvalue weighted by atomic mass is 10.2. The number of amides is 1. The Morgan fingerprint density at radius 2 is 2.13 bits per heavy atom. The molecular weight excluding hydrogens is 290 g/mol. The molecule has 1 aliphatic heterocycles. The average molecular weight is 311 g/mol. The summed E-state index contributed by atoms with van der Waals surface area (Å²) in [6.45, 7) is 5.22. The van der Waals surface area contributed by atoms with Crippen LogP contribution in [0.4, 0.5) is 5.82 Å². The fourth-order valence-corrected chi connectivity index (χ4v) is 2.76. The van der Waals surface area contributed by atoms with Gasteiger partial charge in [-0.1, -0.05) is 6.92 Å². The first-order valence-corrected chi connectivity index (χ1v) is 7.96. The minimum atomic E-state index is 0.128.